The molecule has 0 radical (unpaired) electrons. The molecule has 3 aromatic rings. The summed E-state index contributed by atoms with van der Waals surface area (Å²) in [7, 11) is 0. The van der Waals surface area contributed by atoms with Gasteiger partial charge < -0.3 is 10.1 Å². The van der Waals surface area contributed by atoms with E-state index in [4.69, 9.17) is 17.0 Å². The second kappa shape index (κ2) is 9.11. The Morgan fingerprint density at radius 2 is 2.07 bits per heavy atom. The smallest absolute Gasteiger partial charge is 0.227 e. The first kappa shape index (κ1) is 20.2. The molecule has 28 heavy (non-hydrogen) atoms. The van der Waals surface area contributed by atoms with E-state index < -0.39 is 0 Å². The van der Waals surface area contributed by atoms with Crippen molar-refractivity contribution < 1.29 is 9.53 Å². The Labute approximate surface area is 172 Å². The van der Waals surface area contributed by atoms with Crippen LogP contribution in [0.25, 0.3) is 11.4 Å². The van der Waals surface area contributed by atoms with Crippen molar-refractivity contribution in [3.63, 3.8) is 0 Å². The number of benzene rings is 1. The summed E-state index contributed by atoms with van der Waals surface area (Å²) >= 11 is 6.83. The van der Waals surface area contributed by atoms with Crippen LogP contribution in [0.5, 0.6) is 5.75 Å². The fraction of sp³-hybridized carbons (Fsp3) is 0.368. The molecule has 0 saturated carbocycles. The molecule has 2 aromatic heterocycles. The van der Waals surface area contributed by atoms with Crippen LogP contribution in [0, 0.1) is 11.7 Å². The minimum atomic E-state index is -0.0999. The Morgan fingerprint density at radius 1 is 1.32 bits per heavy atom. The number of hydrogen-bond acceptors (Lipinski definition) is 6. The van der Waals surface area contributed by atoms with E-state index in [-0.39, 0.29) is 12.3 Å². The van der Waals surface area contributed by atoms with Crippen molar-refractivity contribution in [1.29, 1.82) is 0 Å². The third kappa shape index (κ3) is 4.66. The molecule has 2 heterocycles. The van der Waals surface area contributed by atoms with E-state index in [1.807, 2.05) is 42.7 Å². The van der Waals surface area contributed by atoms with Crippen LogP contribution < -0.4 is 10.1 Å². The first-order valence-electron chi connectivity index (χ1n) is 9.16. The second-order valence-electron chi connectivity index (χ2n) is 6.14. The Kier molecular flexibility index (Phi) is 6.58. The van der Waals surface area contributed by atoms with Crippen molar-refractivity contribution in [2.75, 3.05) is 11.9 Å². The number of aryl methyl sites for hydroxylation is 2. The topological polar surface area (TPSA) is 84.8 Å². The quantitative estimate of drug-likeness (QED) is 0.532. The summed E-state index contributed by atoms with van der Waals surface area (Å²) in [4.78, 5) is 17.9. The standard InChI is InChI=1S/C19H23N5O2S2/c1-4-15-12(3)28-18(20-15)21-16(25)10-11-24-17(22-23-19(24)27)13-6-8-14(9-7-13)26-5-2/h6-9H,4-5,10-11H2,1-3H3,(H,23,27)(H,20,21,25). The van der Waals surface area contributed by atoms with Crippen molar-refractivity contribution in [3.8, 4) is 17.1 Å². The van der Waals surface area contributed by atoms with Gasteiger partial charge in [0, 0.05) is 23.4 Å². The normalized spacial score (nSPS) is 10.8. The number of amides is 1. The van der Waals surface area contributed by atoms with Crippen LogP contribution in [0.1, 0.15) is 30.8 Å². The zero-order valence-corrected chi connectivity index (χ0v) is 17.7. The van der Waals surface area contributed by atoms with Crippen molar-refractivity contribution in [1.82, 2.24) is 19.7 Å². The minimum absolute atomic E-state index is 0.0999. The van der Waals surface area contributed by atoms with E-state index in [1.54, 1.807) is 0 Å². The molecule has 0 fully saturated rings. The molecule has 1 amide bonds. The summed E-state index contributed by atoms with van der Waals surface area (Å²) < 4.78 is 7.78. The lowest BCUT2D eigenvalue weighted by Gasteiger charge is -2.08. The summed E-state index contributed by atoms with van der Waals surface area (Å²) in [5, 5.41) is 10.6. The van der Waals surface area contributed by atoms with Crippen molar-refractivity contribution in [2.45, 2.75) is 40.2 Å². The number of carbonyl (C=O) groups is 1. The molecular weight excluding hydrogens is 394 g/mol. The number of carbonyl (C=O) groups excluding carboxylic acids is 1. The molecule has 0 bridgehead atoms. The minimum Gasteiger partial charge on any atom is -0.494 e. The molecule has 7 nitrogen and oxygen atoms in total. The van der Waals surface area contributed by atoms with Gasteiger partial charge in [0.05, 0.1) is 12.3 Å². The molecule has 0 atom stereocenters. The third-order valence-corrected chi connectivity index (χ3v) is 5.46. The van der Waals surface area contributed by atoms with Gasteiger partial charge in [-0.15, -0.1) is 11.3 Å². The van der Waals surface area contributed by atoms with Gasteiger partial charge >= 0.3 is 0 Å². The van der Waals surface area contributed by atoms with Crippen LogP contribution in [-0.2, 0) is 17.8 Å². The van der Waals surface area contributed by atoms with Crippen LogP contribution in [-0.4, -0.2) is 32.3 Å². The second-order valence-corrected chi connectivity index (χ2v) is 7.72. The lowest BCUT2D eigenvalue weighted by Crippen LogP contribution is -2.15. The van der Waals surface area contributed by atoms with E-state index in [0.29, 0.717) is 28.9 Å². The first-order valence-corrected chi connectivity index (χ1v) is 10.4. The van der Waals surface area contributed by atoms with Crippen molar-refractivity contribution in [3.05, 3.63) is 39.6 Å². The molecule has 2 N–H and O–H groups in total. The molecule has 0 spiro atoms. The van der Waals surface area contributed by atoms with Crippen LogP contribution in [0.2, 0.25) is 0 Å². The number of hydrogen-bond donors (Lipinski definition) is 2. The highest BCUT2D eigenvalue weighted by Gasteiger charge is 2.13. The highest BCUT2D eigenvalue weighted by molar-refractivity contribution is 7.71. The van der Waals surface area contributed by atoms with E-state index >= 15 is 0 Å². The van der Waals surface area contributed by atoms with Gasteiger partial charge in [-0.2, -0.15) is 5.10 Å². The number of aromatic amines is 1. The molecule has 148 valence electrons. The Balaban J connectivity index is 1.68. The number of aromatic nitrogens is 4. The number of ether oxygens (including phenoxy) is 1. The summed E-state index contributed by atoms with van der Waals surface area (Å²) in [5.41, 5.74) is 1.93. The highest BCUT2D eigenvalue weighted by atomic mass is 32.1. The van der Waals surface area contributed by atoms with Gasteiger partial charge in [-0.3, -0.25) is 14.5 Å². The maximum Gasteiger partial charge on any atom is 0.227 e. The molecule has 3 rings (SSSR count). The molecular formula is C19H23N5O2S2. The number of anilines is 1. The maximum absolute atomic E-state index is 12.4. The molecule has 0 unspecified atom stereocenters. The van der Waals surface area contributed by atoms with Gasteiger partial charge in [-0.05, 0) is 56.8 Å². The van der Waals surface area contributed by atoms with Gasteiger partial charge in [-0.25, -0.2) is 4.98 Å². The van der Waals surface area contributed by atoms with E-state index in [9.17, 15) is 4.79 Å². The molecule has 1 aromatic carbocycles. The van der Waals surface area contributed by atoms with E-state index in [0.717, 1.165) is 28.3 Å². The summed E-state index contributed by atoms with van der Waals surface area (Å²) in [6.45, 7) is 7.05. The summed E-state index contributed by atoms with van der Waals surface area (Å²) in [6.07, 6.45) is 1.13. The van der Waals surface area contributed by atoms with Gasteiger partial charge in [0.1, 0.15) is 5.75 Å². The van der Waals surface area contributed by atoms with E-state index in [1.165, 1.54) is 11.3 Å². The lowest BCUT2D eigenvalue weighted by molar-refractivity contribution is -0.116. The first-order chi connectivity index (χ1) is 13.5. The Bertz CT molecular complexity index is 1000. The highest BCUT2D eigenvalue weighted by Crippen LogP contribution is 2.23. The average Bonchev–Trinajstić information content (AvgIpc) is 3.22. The van der Waals surface area contributed by atoms with Crippen molar-refractivity contribution >= 4 is 34.6 Å². The monoisotopic (exact) mass is 417 g/mol. The number of thiazole rings is 1. The van der Waals surface area contributed by atoms with Gasteiger partial charge in [-0.1, -0.05) is 6.92 Å². The van der Waals surface area contributed by atoms with Crippen LogP contribution in [0.4, 0.5) is 5.13 Å². The van der Waals surface area contributed by atoms with Crippen LogP contribution in [0.3, 0.4) is 0 Å². The SMILES string of the molecule is CCOc1ccc(-c2n[nH]c(=S)n2CCC(=O)Nc2nc(CC)c(C)s2)cc1. The number of H-pyrrole nitrogens is 1. The van der Waals surface area contributed by atoms with Crippen LogP contribution >= 0.6 is 23.6 Å². The predicted molar refractivity (Wildman–Crippen MR) is 113 cm³/mol. The fourth-order valence-electron chi connectivity index (χ4n) is 2.82. The maximum atomic E-state index is 12.4. The van der Waals surface area contributed by atoms with Crippen molar-refractivity contribution in [2.24, 2.45) is 0 Å². The van der Waals surface area contributed by atoms with Gasteiger partial charge in [0.25, 0.3) is 0 Å². The van der Waals surface area contributed by atoms with Gasteiger partial charge in [0.15, 0.2) is 15.7 Å². The zero-order valence-electron chi connectivity index (χ0n) is 16.1. The Hall–Kier alpha value is -2.52. The molecule has 9 heteroatoms. The molecule has 0 saturated heterocycles. The molecule has 0 aliphatic carbocycles. The fourth-order valence-corrected chi connectivity index (χ4v) is 3.96. The lowest BCUT2D eigenvalue weighted by atomic mass is 10.2. The predicted octanol–water partition coefficient (Wildman–Crippen LogP) is 4.36. The number of rotatable bonds is 8. The molecule has 0 aliphatic rings. The zero-order chi connectivity index (χ0) is 20.1. The molecule has 0 aliphatic heterocycles. The number of nitrogens with zero attached hydrogens (tertiary/aromatic N) is 3. The van der Waals surface area contributed by atoms with E-state index in [2.05, 4.69) is 27.4 Å². The van der Waals surface area contributed by atoms with Gasteiger partial charge in [0.2, 0.25) is 5.91 Å². The Morgan fingerprint density at radius 3 is 2.71 bits per heavy atom. The summed E-state index contributed by atoms with van der Waals surface area (Å²) in [5.74, 6) is 1.40. The average molecular weight is 418 g/mol. The third-order valence-electron chi connectivity index (χ3n) is 4.22. The summed E-state index contributed by atoms with van der Waals surface area (Å²) in [6, 6.07) is 7.64. The number of nitrogens with one attached hydrogen (secondary N) is 2. The largest absolute Gasteiger partial charge is 0.494 e. The van der Waals surface area contributed by atoms with Crippen LogP contribution in [0.15, 0.2) is 24.3 Å².